The maximum absolute atomic E-state index is 5.40. The van der Waals surface area contributed by atoms with Crippen LogP contribution in [0.25, 0.3) is 0 Å². The molecule has 0 aromatic rings. The Bertz CT molecular complexity index is 307. The largest absolute Gasteiger partial charge is 0.383 e. The lowest BCUT2D eigenvalue weighted by Crippen LogP contribution is -2.32. The van der Waals surface area contributed by atoms with E-state index in [0.29, 0.717) is 6.04 Å². The van der Waals surface area contributed by atoms with E-state index in [-0.39, 0.29) is 0 Å². The van der Waals surface area contributed by atoms with Gasteiger partial charge in [-0.05, 0) is 43.9 Å². The van der Waals surface area contributed by atoms with E-state index >= 15 is 0 Å². The number of rotatable bonds is 6. The number of nitrogens with zero attached hydrogens (tertiary/aromatic N) is 1. The van der Waals surface area contributed by atoms with Crippen molar-refractivity contribution in [1.82, 2.24) is 4.90 Å². The van der Waals surface area contributed by atoms with Crippen molar-refractivity contribution in [2.75, 3.05) is 20.3 Å². The van der Waals surface area contributed by atoms with E-state index in [0.717, 1.165) is 24.9 Å². The van der Waals surface area contributed by atoms with Crippen molar-refractivity contribution in [1.29, 1.82) is 0 Å². The Kier molecular flexibility index (Phi) is 6.41. The predicted molar refractivity (Wildman–Crippen MR) is 85.7 cm³/mol. The van der Waals surface area contributed by atoms with Crippen molar-refractivity contribution in [2.24, 2.45) is 11.8 Å². The number of methoxy groups -OCH3 is 1. The van der Waals surface area contributed by atoms with E-state index in [9.17, 15) is 0 Å². The molecule has 0 spiro atoms. The molecule has 2 rings (SSSR count). The smallest absolute Gasteiger partial charge is 0.0666 e. The summed E-state index contributed by atoms with van der Waals surface area (Å²) in [6.45, 7) is 6.86. The van der Waals surface area contributed by atoms with Crippen LogP contribution >= 0.6 is 0 Å². The molecule has 0 bridgehead atoms. The normalized spacial score (nSPS) is 27.1. The van der Waals surface area contributed by atoms with Crippen LogP contribution in [0.15, 0.2) is 11.8 Å². The highest BCUT2D eigenvalue weighted by molar-refractivity contribution is 5.07. The molecular weight excluding hydrogens is 246 g/mol. The van der Waals surface area contributed by atoms with Crippen LogP contribution in [0.1, 0.15) is 65.2 Å². The van der Waals surface area contributed by atoms with E-state index in [2.05, 4.69) is 24.8 Å². The van der Waals surface area contributed by atoms with Crippen molar-refractivity contribution >= 4 is 0 Å². The molecular formula is C18H33NO. The first-order valence-electron chi connectivity index (χ1n) is 8.72. The Morgan fingerprint density at radius 2 is 1.95 bits per heavy atom. The average molecular weight is 279 g/mol. The first-order chi connectivity index (χ1) is 9.76. The van der Waals surface area contributed by atoms with Crippen LogP contribution in [0.5, 0.6) is 0 Å². The van der Waals surface area contributed by atoms with Crippen LogP contribution in [0.4, 0.5) is 0 Å². The van der Waals surface area contributed by atoms with Crippen molar-refractivity contribution in [2.45, 2.75) is 71.3 Å². The second-order valence-corrected chi connectivity index (χ2v) is 6.71. The Morgan fingerprint density at radius 3 is 2.60 bits per heavy atom. The van der Waals surface area contributed by atoms with Gasteiger partial charge in [0.15, 0.2) is 0 Å². The van der Waals surface area contributed by atoms with Gasteiger partial charge in [0, 0.05) is 19.4 Å². The fourth-order valence-electron chi connectivity index (χ4n) is 4.10. The third-order valence-electron chi connectivity index (χ3n) is 5.32. The molecule has 0 amide bonds. The molecule has 2 atom stereocenters. The zero-order valence-corrected chi connectivity index (χ0v) is 13.7. The summed E-state index contributed by atoms with van der Waals surface area (Å²) in [5.41, 5.74) is 1.57. The zero-order chi connectivity index (χ0) is 14.4. The monoisotopic (exact) mass is 279 g/mol. The summed E-state index contributed by atoms with van der Waals surface area (Å²) < 4.78 is 5.40. The second-order valence-electron chi connectivity index (χ2n) is 6.71. The fourth-order valence-corrected chi connectivity index (χ4v) is 4.10. The Balaban J connectivity index is 1.99. The third kappa shape index (κ3) is 4.00. The summed E-state index contributed by atoms with van der Waals surface area (Å²) in [5, 5.41) is 0. The molecule has 116 valence electrons. The van der Waals surface area contributed by atoms with Gasteiger partial charge < -0.3 is 9.64 Å². The van der Waals surface area contributed by atoms with E-state index in [1.807, 2.05) is 7.11 Å². The summed E-state index contributed by atoms with van der Waals surface area (Å²) in [4.78, 5) is 2.63. The topological polar surface area (TPSA) is 12.5 Å². The van der Waals surface area contributed by atoms with Gasteiger partial charge in [0.25, 0.3) is 0 Å². The van der Waals surface area contributed by atoms with Crippen LogP contribution < -0.4 is 0 Å². The quantitative estimate of drug-likeness (QED) is 0.704. The summed E-state index contributed by atoms with van der Waals surface area (Å²) in [7, 11) is 1.83. The van der Waals surface area contributed by atoms with Gasteiger partial charge in [0.2, 0.25) is 0 Å². The first-order valence-corrected chi connectivity index (χ1v) is 8.72. The van der Waals surface area contributed by atoms with Gasteiger partial charge in [-0.25, -0.2) is 0 Å². The van der Waals surface area contributed by atoms with E-state index < -0.39 is 0 Å². The number of ether oxygens (including phenoxy) is 1. The van der Waals surface area contributed by atoms with Crippen molar-refractivity contribution in [3.8, 4) is 0 Å². The molecule has 0 radical (unpaired) electrons. The highest BCUT2D eigenvalue weighted by Crippen LogP contribution is 2.33. The van der Waals surface area contributed by atoms with E-state index in [4.69, 9.17) is 4.74 Å². The minimum atomic E-state index is 0.616. The Hall–Kier alpha value is -0.500. The van der Waals surface area contributed by atoms with Gasteiger partial charge in [0.1, 0.15) is 0 Å². The molecule has 2 nitrogen and oxygen atoms in total. The molecule has 0 aromatic heterocycles. The maximum Gasteiger partial charge on any atom is 0.0666 e. The Morgan fingerprint density at radius 1 is 1.20 bits per heavy atom. The number of likely N-dealkylation sites (tertiary alicyclic amines) is 1. The molecule has 1 aliphatic carbocycles. The van der Waals surface area contributed by atoms with Crippen LogP contribution in [0, 0.1) is 11.8 Å². The van der Waals surface area contributed by atoms with Gasteiger partial charge in [-0.2, -0.15) is 0 Å². The average Bonchev–Trinajstić information content (AvgIpc) is 2.94. The Labute approximate surface area is 125 Å². The molecule has 1 heterocycles. The SMILES string of the molecule is CC/C(=C/[C@H](C)C1CCCCC1)N1CCC[C@H]1COC. The number of hydrogen-bond acceptors (Lipinski definition) is 2. The molecule has 1 aliphatic heterocycles. The zero-order valence-electron chi connectivity index (χ0n) is 13.7. The fraction of sp³-hybridized carbons (Fsp3) is 0.889. The van der Waals surface area contributed by atoms with Gasteiger partial charge >= 0.3 is 0 Å². The van der Waals surface area contributed by atoms with E-state index in [1.54, 1.807) is 5.70 Å². The standard InChI is InChI=1S/C18H33NO/c1-4-17(19-12-8-11-18(19)14-20-3)13-15(2)16-9-6-5-7-10-16/h13,15-16,18H,4-12,14H2,1-3H3/b17-13-/t15-,18-/m0/s1. The summed E-state index contributed by atoms with van der Waals surface area (Å²) in [6, 6.07) is 0.616. The molecule has 2 fully saturated rings. The molecule has 0 unspecified atom stereocenters. The molecule has 0 aromatic carbocycles. The third-order valence-corrected chi connectivity index (χ3v) is 5.32. The first kappa shape index (κ1) is 15.9. The van der Waals surface area contributed by atoms with Gasteiger partial charge in [-0.3, -0.25) is 0 Å². The van der Waals surface area contributed by atoms with E-state index in [1.165, 1.54) is 51.5 Å². The van der Waals surface area contributed by atoms with Gasteiger partial charge in [0.05, 0.1) is 12.6 Å². The summed E-state index contributed by atoms with van der Waals surface area (Å²) in [5.74, 6) is 1.67. The van der Waals surface area contributed by atoms with Crippen LogP contribution in [0.3, 0.4) is 0 Å². The van der Waals surface area contributed by atoms with Crippen molar-refractivity contribution < 1.29 is 4.74 Å². The lowest BCUT2D eigenvalue weighted by molar-refractivity contribution is 0.130. The molecule has 2 heteroatoms. The molecule has 20 heavy (non-hydrogen) atoms. The highest BCUT2D eigenvalue weighted by Gasteiger charge is 2.26. The molecule has 2 aliphatic rings. The minimum absolute atomic E-state index is 0.616. The lowest BCUT2D eigenvalue weighted by Gasteiger charge is -2.31. The van der Waals surface area contributed by atoms with Crippen LogP contribution in [0.2, 0.25) is 0 Å². The predicted octanol–water partition coefficient (Wildman–Crippen LogP) is 4.61. The molecule has 1 saturated heterocycles. The summed E-state index contributed by atoms with van der Waals surface area (Å²) in [6.07, 6.45) is 13.6. The second kappa shape index (κ2) is 8.07. The molecule has 0 N–H and O–H groups in total. The maximum atomic E-state index is 5.40. The van der Waals surface area contributed by atoms with Crippen molar-refractivity contribution in [3.05, 3.63) is 11.8 Å². The van der Waals surface area contributed by atoms with Crippen LogP contribution in [-0.4, -0.2) is 31.2 Å². The minimum Gasteiger partial charge on any atom is -0.383 e. The van der Waals surface area contributed by atoms with Crippen LogP contribution in [-0.2, 0) is 4.74 Å². The van der Waals surface area contributed by atoms with Gasteiger partial charge in [-0.15, -0.1) is 0 Å². The lowest BCUT2D eigenvalue weighted by atomic mass is 9.80. The van der Waals surface area contributed by atoms with Gasteiger partial charge in [-0.1, -0.05) is 39.2 Å². The number of allylic oxidation sites excluding steroid dienone is 2. The number of hydrogen-bond donors (Lipinski definition) is 0. The molecule has 1 saturated carbocycles. The summed E-state index contributed by atoms with van der Waals surface area (Å²) >= 11 is 0. The van der Waals surface area contributed by atoms with Crippen molar-refractivity contribution in [3.63, 3.8) is 0 Å². The highest BCUT2D eigenvalue weighted by atomic mass is 16.5.